The highest BCUT2D eigenvalue weighted by Crippen LogP contribution is 2.28. The fourth-order valence-corrected chi connectivity index (χ4v) is 2.97. The monoisotopic (exact) mass is 376 g/mol. The van der Waals surface area contributed by atoms with E-state index in [0.717, 1.165) is 23.5 Å². The molecule has 0 atom stereocenters. The van der Waals surface area contributed by atoms with E-state index in [-0.39, 0.29) is 10.7 Å². The molecule has 3 rings (SSSR count). The zero-order valence-corrected chi connectivity index (χ0v) is 14.7. The van der Waals surface area contributed by atoms with E-state index < -0.39 is 17.5 Å². The maximum atomic E-state index is 13.8. The van der Waals surface area contributed by atoms with Crippen LogP contribution in [0.3, 0.4) is 0 Å². The van der Waals surface area contributed by atoms with Gasteiger partial charge >= 0.3 is 0 Å². The number of benzene rings is 2. The van der Waals surface area contributed by atoms with E-state index in [0.29, 0.717) is 22.8 Å². The Morgan fingerprint density at radius 2 is 1.77 bits per heavy atom. The van der Waals surface area contributed by atoms with E-state index in [1.807, 2.05) is 0 Å². The zero-order valence-electron chi connectivity index (χ0n) is 13.9. The van der Waals surface area contributed by atoms with Crippen molar-refractivity contribution in [1.29, 1.82) is 0 Å². The van der Waals surface area contributed by atoms with E-state index in [2.05, 4.69) is 10.3 Å². The van der Waals surface area contributed by atoms with Gasteiger partial charge in [-0.05, 0) is 24.3 Å². The van der Waals surface area contributed by atoms with Gasteiger partial charge in [0.1, 0.15) is 23.1 Å². The molecule has 0 spiro atoms. The van der Waals surface area contributed by atoms with Crippen LogP contribution in [0.2, 0.25) is 0 Å². The molecule has 0 radical (unpaired) electrons. The molecule has 0 saturated carbocycles. The quantitative estimate of drug-likeness (QED) is 0.719. The van der Waals surface area contributed by atoms with Gasteiger partial charge in [-0.2, -0.15) is 0 Å². The van der Waals surface area contributed by atoms with Crippen molar-refractivity contribution in [2.75, 3.05) is 19.5 Å². The van der Waals surface area contributed by atoms with E-state index in [4.69, 9.17) is 9.47 Å². The lowest BCUT2D eigenvalue weighted by Crippen LogP contribution is -2.12. The van der Waals surface area contributed by atoms with Crippen molar-refractivity contribution in [3.63, 3.8) is 0 Å². The highest BCUT2D eigenvalue weighted by atomic mass is 32.1. The molecule has 0 aliphatic rings. The van der Waals surface area contributed by atoms with Crippen molar-refractivity contribution < 1.29 is 23.0 Å². The van der Waals surface area contributed by atoms with Gasteiger partial charge in [0.2, 0.25) is 0 Å². The zero-order chi connectivity index (χ0) is 18.7. The number of hydrogen-bond donors (Lipinski definition) is 1. The summed E-state index contributed by atoms with van der Waals surface area (Å²) in [6, 6.07) is 8.01. The fourth-order valence-electron chi connectivity index (χ4n) is 2.26. The largest absolute Gasteiger partial charge is 0.497 e. The predicted octanol–water partition coefficient (Wildman–Crippen LogP) is 4.36. The minimum Gasteiger partial charge on any atom is -0.497 e. The molecule has 1 heterocycles. The third-order valence-corrected chi connectivity index (χ3v) is 4.30. The number of methoxy groups -OCH3 is 2. The van der Waals surface area contributed by atoms with Gasteiger partial charge in [0.25, 0.3) is 5.91 Å². The van der Waals surface area contributed by atoms with E-state index >= 15 is 0 Å². The molecular formula is C18H14F2N2O3S. The summed E-state index contributed by atoms with van der Waals surface area (Å²) in [5, 5.41) is 4.51. The molecule has 0 aliphatic carbocycles. The number of anilines is 1. The maximum Gasteiger partial charge on any atom is 0.257 e. The first-order valence-corrected chi connectivity index (χ1v) is 8.33. The second kappa shape index (κ2) is 7.49. The lowest BCUT2D eigenvalue weighted by molar-refractivity contribution is 0.102. The van der Waals surface area contributed by atoms with Crippen molar-refractivity contribution in [1.82, 2.24) is 4.98 Å². The second-order valence-electron chi connectivity index (χ2n) is 5.22. The van der Waals surface area contributed by atoms with Gasteiger partial charge in [0.05, 0.1) is 19.9 Å². The lowest BCUT2D eigenvalue weighted by atomic mass is 10.1. The highest BCUT2D eigenvalue weighted by molar-refractivity contribution is 7.14. The average molecular weight is 376 g/mol. The minimum absolute atomic E-state index is 0.159. The first kappa shape index (κ1) is 17.8. The molecule has 1 amide bonds. The van der Waals surface area contributed by atoms with Gasteiger partial charge in [0, 0.05) is 28.6 Å². The molecule has 26 heavy (non-hydrogen) atoms. The molecule has 0 bridgehead atoms. The minimum atomic E-state index is -0.717. The van der Waals surface area contributed by atoms with Gasteiger partial charge in [-0.1, -0.05) is 0 Å². The molecule has 2 aromatic carbocycles. The number of nitrogens with zero attached hydrogens (tertiary/aromatic N) is 1. The molecular weight excluding hydrogens is 362 g/mol. The Kier molecular flexibility index (Phi) is 5.13. The fraction of sp³-hybridized carbons (Fsp3) is 0.111. The Labute approximate surface area is 152 Å². The van der Waals surface area contributed by atoms with Crippen molar-refractivity contribution in [2.45, 2.75) is 0 Å². The van der Waals surface area contributed by atoms with Crippen LogP contribution in [0.5, 0.6) is 11.5 Å². The van der Waals surface area contributed by atoms with Crippen LogP contribution in [-0.2, 0) is 0 Å². The number of hydrogen-bond acceptors (Lipinski definition) is 5. The van der Waals surface area contributed by atoms with Gasteiger partial charge < -0.3 is 9.47 Å². The molecule has 134 valence electrons. The number of carbonyl (C=O) groups excluding carboxylic acids is 1. The Morgan fingerprint density at radius 1 is 1.08 bits per heavy atom. The topological polar surface area (TPSA) is 60.5 Å². The molecule has 8 heteroatoms. The molecule has 0 fully saturated rings. The Bertz CT molecular complexity index is 937. The lowest BCUT2D eigenvalue weighted by Gasteiger charge is -2.08. The van der Waals surface area contributed by atoms with E-state index in [9.17, 15) is 13.6 Å². The molecule has 3 aromatic rings. The van der Waals surface area contributed by atoms with Crippen molar-refractivity contribution in [3.8, 4) is 22.8 Å². The van der Waals surface area contributed by atoms with Crippen LogP contribution in [0.1, 0.15) is 10.4 Å². The Morgan fingerprint density at radius 3 is 2.38 bits per heavy atom. The van der Waals surface area contributed by atoms with Crippen molar-refractivity contribution in [2.24, 2.45) is 0 Å². The van der Waals surface area contributed by atoms with Gasteiger partial charge in [-0.15, -0.1) is 11.3 Å². The van der Waals surface area contributed by atoms with E-state index in [1.54, 1.807) is 23.6 Å². The Hall–Kier alpha value is -3.00. The van der Waals surface area contributed by atoms with Crippen LogP contribution in [0.25, 0.3) is 11.3 Å². The first-order valence-electron chi connectivity index (χ1n) is 7.45. The molecule has 0 saturated heterocycles. The molecule has 0 unspecified atom stereocenters. The van der Waals surface area contributed by atoms with Crippen LogP contribution in [0, 0.1) is 11.6 Å². The number of ether oxygens (including phenoxy) is 2. The van der Waals surface area contributed by atoms with Gasteiger partial charge in [-0.3, -0.25) is 10.1 Å². The summed E-state index contributed by atoms with van der Waals surface area (Å²) in [4.78, 5) is 16.6. The molecule has 1 aromatic heterocycles. The summed E-state index contributed by atoms with van der Waals surface area (Å²) >= 11 is 1.13. The van der Waals surface area contributed by atoms with Crippen LogP contribution >= 0.6 is 11.3 Å². The molecule has 0 aliphatic heterocycles. The molecule has 1 N–H and O–H groups in total. The number of amides is 1. The maximum absolute atomic E-state index is 13.8. The number of rotatable bonds is 5. The van der Waals surface area contributed by atoms with Crippen LogP contribution < -0.4 is 14.8 Å². The summed E-state index contributed by atoms with van der Waals surface area (Å²) in [6.07, 6.45) is 0. The summed E-state index contributed by atoms with van der Waals surface area (Å²) in [5.41, 5.74) is 0.795. The summed E-state index contributed by atoms with van der Waals surface area (Å²) in [6.45, 7) is 0. The van der Waals surface area contributed by atoms with Crippen LogP contribution in [-0.4, -0.2) is 25.1 Å². The number of aromatic nitrogens is 1. The molecule has 5 nitrogen and oxygen atoms in total. The number of halogens is 2. The van der Waals surface area contributed by atoms with Crippen LogP contribution in [0.4, 0.5) is 13.9 Å². The van der Waals surface area contributed by atoms with Crippen LogP contribution in [0.15, 0.2) is 41.8 Å². The summed E-state index contributed by atoms with van der Waals surface area (Å²) < 4.78 is 37.1. The second-order valence-corrected chi connectivity index (χ2v) is 6.08. The number of carbonyl (C=O) groups is 1. The number of nitrogens with one attached hydrogen (secondary N) is 1. The third kappa shape index (κ3) is 3.80. The summed E-state index contributed by atoms with van der Waals surface area (Å²) in [5.74, 6) is -0.846. The van der Waals surface area contributed by atoms with Gasteiger partial charge in [-0.25, -0.2) is 13.8 Å². The smallest absolute Gasteiger partial charge is 0.257 e. The number of thiazole rings is 1. The summed E-state index contributed by atoms with van der Waals surface area (Å²) in [7, 11) is 2.97. The highest BCUT2D eigenvalue weighted by Gasteiger charge is 2.14. The first-order chi connectivity index (χ1) is 12.5. The van der Waals surface area contributed by atoms with Gasteiger partial charge in [0.15, 0.2) is 5.13 Å². The SMILES string of the molecule is COc1cc(OC)cc(C(=O)Nc2nc(-c3ccc(F)cc3F)cs2)c1. The van der Waals surface area contributed by atoms with E-state index in [1.165, 1.54) is 20.3 Å². The van der Waals surface area contributed by atoms with Crippen molar-refractivity contribution in [3.05, 3.63) is 59.0 Å². The average Bonchev–Trinajstić information content (AvgIpc) is 3.09. The normalized spacial score (nSPS) is 10.5. The Balaban J connectivity index is 1.82. The van der Waals surface area contributed by atoms with Crippen molar-refractivity contribution >= 4 is 22.4 Å². The standard InChI is InChI=1S/C18H14F2N2O3S/c1-24-12-5-10(6-13(8-12)25-2)17(23)22-18-21-16(9-26-18)14-4-3-11(19)7-15(14)20/h3-9H,1-2H3,(H,21,22,23). The third-order valence-electron chi connectivity index (χ3n) is 3.55. The predicted molar refractivity (Wildman–Crippen MR) is 95.0 cm³/mol.